The molecule has 2 aromatic heterocycles. The molecule has 1 fully saturated rings. The van der Waals surface area contributed by atoms with E-state index in [1.54, 1.807) is 0 Å². The SMILES string of the molecule is Cc1cc(C)n(C2CCCN(C(=O)Cc3c(C)nn(C)c3C)C2)n1. The number of hydrogen-bond acceptors (Lipinski definition) is 3. The van der Waals surface area contributed by atoms with Gasteiger partial charge in [0, 0.05) is 37.1 Å². The number of hydrogen-bond donors (Lipinski definition) is 0. The van der Waals surface area contributed by atoms with Crippen LogP contribution in [-0.2, 0) is 18.3 Å². The van der Waals surface area contributed by atoms with Crippen LogP contribution in [0.2, 0.25) is 0 Å². The van der Waals surface area contributed by atoms with Crippen molar-refractivity contribution < 1.29 is 4.79 Å². The van der Waals surface area contributed by atoms with Crippen LogP contribution in [0.1, 0.15) is 47.2 Å². The number of carbonyl (C=O) groups is 1. The van der Waals surface area contributed by atoms with Crippen molar-refractivity contribution in [3.05, 3.63) is 34.4 Å². The number of nitrogens with zero attached hydrogens (tertiary/aromatic N) is 5. The van der Waals surface area contributed by atoms with Crippen molar-refractivity contribution in [1.29, 1.82) is 0 Å². The van der Waals surface area contributed by atoms with Gasteiger partial charge in [0.05, 0.1) is 23.9 Å². The van der Waals surface area contributed by atoms with Crippen molar-refractivity contribution in [3.8, 4) is 0 Å². The highest BCUT2D eigenvalue weighted by Crippen LogP contribution is 2.24. The van der Waals surface area contributed by atoms with E-state index in [-0.39, 0.29) is 11.9 Å². The van der Waals surface area contributed by atoms with Gasteiger partial charge in [-0.25, -0.2) is 0 Å². The van der Waals surface area contributed by atoms with E-state index in [2.05, 4.69) is 27.9 Å². The van der Waals surface area contributed by atoms with E-state index in [0.717, 1.165) is 48.6 Å². The van der Waals surface area contributed by atoms with E-state index in [0.29, 0.717) is 6.42 Å². The molecule has 1 aliphatic heterocycles. The van der Waals surface area contributed by atoms with Gasteiger partial charge in [-0.3, -0.25) is 14.2 Å². The standard InChI is InChI=1S/C18H27N5O/c1-12-9-13(2)23(19-12)16-7-6-8-22(11-16)18(24)10-17-14(3)20-21(5)15(17)4/h9,16H,6-8,10-11H2,1-5H3. The first-order chi connectivity index (χ1) is 11.4. The molecular weight excluding hydrogens is 302 g/mol. The van der Waals surface area contributed by atoms with Crippen molar-refractivity contribution in [2.45, 2.75) is 53.0 Å². The molecule has 1 unspecified atom stereocenters. The molecule has 6 nitrogen and oxygen atoms in total. The second kappa shape index (κ2) is 6.42. The Morgan fingerprint density at radius 2 is 2.00 bits per heavy atom. The Balaban J connectivity index is 1.72. The fourth-order valence-corrected chi connectivity index (χ4v) is 3.73. The first-order valence-electron chi connectivity index (χ1n) is 8.66. The zero-order valence-electron chi connectivity index (χ0n) is 15.3. The van der Waals surface area contributed by atoms with Gasteiger partial charge in [-0.15, -0.1) is 0 Å². The lowest BCUT2D eigenvalue weighted by atomic mass is 10.0. The van der Waals surface area contributed by atoms with E-state index in [1.807, 2.05) is 37.4 Å². The molecule has 0 spiro atoms. The highest BCUT2D eigenvalue weighted by atomic mass is 16.2. The smallest absolute Gasteiger partial charge is 0.227 e. The molecule has 0 radical (unpaired) electrons. The summed E-state index contributed by atoms with van der Waals surface area (Å²) >= 11 is 0. The monoisotopic (exact) mass is 329 g/mol. The molecule has 1 saturated heterocycles. The summed E-state index contributed by atoms with van der Waals surface area (Å²) in [5.74, 6) is 0.195. The molecule has 24 heavy (non-hydrogen) atoms. The molecular formula is C18H27N5O. The van der Waals surface area contributed by atoms with Gasteiger partial charge in [-0.1, -0.05) is 0 Å². The first kappa shape index (κ1) is 16.7. The third-order valence-electron chi connectivity index (χ3n) is 5.13. The molecule has 6 heteroatoms. The summed E-state index contributed by atoms with van der Waals surface area (Å²) in [6.07, 6.45) is 2.55. The normalized spacial score (nSPS) is 18.2. The molecule has 2 aromatic rings. The predicted molar refractivity (Wildman–Crippen MR) is 92.9 cm³/mol. The Kier molecular flexibility index (Phi) is 4.47. The minimum absolute atomic E-state index is 0.195. The molecule has 0 bridgehead atoms. The van der Waals surface area contributed by atoms with Crippen molar-refractivity contribution in [2.75, 3.05) is 13.1 Å². The Morgan fingerprint density at radius 1 is 1.25 bits per heavy atom. The number of amides is 1. The molecule has 0 N–H and O–H groups in total. The Bertz CT molecular complexity index is 758. The maximum absolute atomic E-state index is 12.8. The Morgan fingerprint density at radius 3 is 2.58 bits per heavy atom. The minimum Gasteiger partial charge on any atom is -0.340 e. The van der Waals surface area contributed by atoms with Gasteiger partial charge in [-0.05, 0) is 46.6 Å². The topological polar surface area (TPSA) is 56.0 Å². The second-order valence-corrected chi connectivity index (χ2v) is 6.96. The van der Waals surface area contributed by atoms with E-state index in [4.69, 9.17) is 0 Å². The fraction of sp³-hybridized carbons (Fsp3) is 0.611. The maximum Gasteiger partial charge on any atom is 0.227 e. The molecule has 130 valence electrons. The minimum atomic E-state index is 0.195. The van der Waals surface area contributed by atoms with Crippen LogP contribution in [0.4, 0.5) is 0 Å². The third kappa shape index (κ3) is 3.09. The molecule has 1 aliphatic rings. The fourth-order valence-electron chi connectivity index (χ4n) is 3.73. The van der Waals surface area contributed by atoms with Gasteiger partial charge < -0.3 is 4.90 Å². The first-order valence-corrected chi connectivity index (χ1v) is 8.66. The van der Waals surface area contributed by atoms with E-state index in [1.165, 1.54) is 5.69 Å². The number of aromatic nitrogens is 4. The zero-order chi connectivity index (χ0) is 17.4. The van der Waals surface area contributed by atoms with Gasteiger partial charge >= 0.3 is 0 Å². The highest BCUT2D eigenvalue weighted by Gasteiger charge is 2.27. The number of rotatable bonds is 3. The summed E-state index contributed by atoms with van der Waals surface area (Å²) in [7, 11) is 1.93. The van der Waals surface area contributed by atoms with E-state index in [9.17, 15) is 4.79 Å². The van der Waals surface area contributed by atoms with Crippen LogP contribution in [0.5, 0.6) is 0 Å². The number of piperidine rings is 1. The summed E-state index contributed by atoms with van der Waals surface area (Å²) < 4.78 is 3.95. The van der Waals surface area contributed by atoms with Crippen LogP contribution in [-0.4, -0.2) is 43.5 Å². The van der Waals surface area contributed by atoms with Gasteiger partial charge in [0.25, 0.3) is 0 Å². The molecule has 1 atom stereocenters. The lowest BCUT2D eigenvalue weighted by Gasteiger charge is -2.33. The van der Waals surface area contributed by atoms with Crippen LogP contribution in [0, 0.1) is 27.7 Å². The maximum atomic E-state index is 12.8. The van der Waals surface area contributed by atoms with Crippen LogP contribution in [0.15, 0.2) is 6.07 Å². The molecule has 0 aliphatic carbocycles. The quantitative estimate of drug-likeness (QED) is 0.868. The zero-order valence-corrected chi connectivity index (χ0v) is 15.3. The molecule has 0 saturated carbocycles. The number of aryl methyl sites for hydroxylation is 4. The lowest BCUT2D eigenvalue weighted by molar-refractivity contribution is -0.132. The van der Waals surface area contributed by atoms with Gasteiger partial charge in [0.1, 0.15) is 0 Å². The summed E-state index contributed by atoms with van der Waals surface area (Å²) in [6.45, 7) is 9.69. The molecule has 0 aromatic carbocycles. The largest absolute Gasteiger partial charge is 0.340 e. The average Bonchev–Trinajstić information content (AvgIpc) is 3.00. The van der Waals surface area contributed by atoms with Crippen LogP contribution >= 0.6 is 0 Å². The summed E-state index contributed by atoms with van der Waals surface area (Å²) in [5.41, 5.74) is 5.31. The van der Waals surface area contributed by atoms with Gasteiger partial charge in [0.2, 0.25) is 5.91 Å². The molecule has 3 rings (SSSR count). The van der Waals surface area contributed by atoms with E-state index < -0.39 is 0 Å². The van der Waals surface area contributed by atoms with Crippen LogP contribution < -0.4 is 0 Å². The van der Waals surface area contributed by atoms with Crippen LogP contribution in [0.3, 0.4) is 0 Å². The lowest BCUT2D eigenvalue weighted by Crippen LogP contribution is -2.42. The van der Waals surface area contributed by atoms with Crippen molar-refractivity contribution in [2.24, 2.45) is 7.05 Å². The second-order valence-electron chi connectivity index (χ2n) is 6.96. The molecule has 1 amide bonds. The number of likely N-dealkylation sites (tertiary alicyclic amines) is 1. The van der Waals surface area contributed by atoms with Gasteiger partial charge in [0.15, 0.2) is 0 Å². The van der Waals surface area contributed by atoms with Gasteiger partial charge in [-0.2, -0.15) is 10.2 Å². The highest BCUT2D eigenvalue weighted by molar-refractivity contribution is 5.79. The predicted octanol–water partition coefficient (Wildman–Crippen LogP) is 2.26. The summed E-state index contributed by atoms with van der Waals surface area (Å²) in [4.78, 5) is 14.8. The third-order valence-corrected chi connectivity index (χ3v) is 5.13. The Hall–Kier alpha value is -2.11. The molecule has 3 heterocycles. The van der Waals surface area contributed by atoms with Crippen molar-refractivity contribution >= 4 is 5.91 Å². The van der Waals surface area contributed by atoms with E-state index >= 15 is 0 Å². The summed E-state index contributed by atoms with van der Waals surface area (Å²) in [5, 5.41) is 9.03. The van der Waals surface area contributed by atoms with Crippen molar-refractivity contribution in [3.63, 3.8) is 0 Å². The summed E-state index contributed by atoms with van der Waals surface area (Å²) in [6, 6.07) is 2.39. The average molecular weight is 329 g/mol. The van der Waals surface area contributed by atoms with Crippen molar-refractivity contribution in [1.82, 2.24) is 24.5 Å². The Labute approximate surface area is 143 Å². The number of carbonyl (C=O) groups excluding carboxylic acids is 1. The van der Waals surface area contributed by atoms with Crippen LogP contribution in [0.25, 0.3) is 0 Å².